The number of thioether (sulfide) groups is 1. The molecule has 0 atom stereocenters. The average molecular weight is 352 g/mol. The molecule has 3 amide bonds. The number of piperidine rings is 1. The number of imide groups is 1. The van der Waals surface area contributed by atoms with E-state index in [9.17, 15) is 18.8 Å². The fraction of sp³-hybridized carbons (Fsp3) is 0.438. The molecular formula is C16H17FN2O4S. The van der Waals surface area contributed by atoms with E-state index in [0.29, 0.717) is 25.9 Å². The first-order valence-corrected chi connectivity index (χ1v) is 8.68. The maximum absolute atomic E-state index is 12.9. The van der Waals surface area contributed by atoms with Crippen molar-refractivity contribution in [1.29, 1.82) is 0 Å². The van der Waals surface area contributed by atoms with E-state index < -0.39 is 6.09 Å². The van der Waals surface area contributed by atoms with E-state index in [1.54, 1.807) is 17.0 Å². The molecule has 2 aliphatic heterocycles. The predicted molar refractivity (Wildman–Crippen MR) is 84.9 cm³/mol. The number of ether oxygens (including phenoxy) is 1. The summed E-state index contributed by atoms with van der Waals surface area (Å²) < 4.78 is 17.6. The largest absolute Gasteiger partial charge is 0.439 e. The van der Waals surface area contributed by atoms with E-state index >= 15 is 0 Å². The first-order valence-electron chi connectivity index (χ1n) is 7.69. The van der Waals surface area contributed by atoms with E-state index in [1.807, 2.05) is 0 Å². The van der Waals surface area contributed by atoms with E-state index in [-0.39, 0.29) is 36.0 Å². The summed E-state index contributed by atoms with van der Waals surface area (Å²) in [5.41, 5.74) is 0. The number of hydrogen-bond donors (Lipinski definition) is 0. The van der Waals surface area contributed by atoms with Crippen molar-refractivity contribution in [3.8, 4) is 0 Å². The van der Waals surface area contributed by atoms with Gasteiger partial charge in [-0.15, -0.1) is 11.8 Å². The molecule has 2 heterocycles. The lowest BCUT2D eigenvalue weighted by Gasteiger charge is -2.34. The Bertz CT molecular complexity index is 628. The maximum atomic E-state index is 12.9. The van der Waals surface area contributed by atoms with Gasteiger partial charge in [0.1, 0.15) is 5.82 Å². The van der Waals surface area contributed by atoms with Gasteiger partial charge < -0.3 is 9.64 Å². The van der Waals surface area contributed by atoms with Crippen LogP contribution in [0.3, 0.4) is 0 Å². The second kappa shape index (κ2) is 7.21. The topological polar surface area (TPSA) is 66.9 Å². The Morgan fingerprint density at radius 1 is 1.21 bits per heavy atom. The minimum Gasteiger partial charge on any atom is -0.439 e. The molecule has 1 aromatic rings. The molecule has 8 heteroatoms. The number of rotatable bonds is 4. The Balaban J connectivity index is 1.47. The minimum absolute atomic E-state index is 0.00176. The van der Waals surface area contributed by atoms with Crippen LogP contribution in [0.2, 0.25) is 0 Å². The van der Waals surface area contributed by atoms with Gasteiger partial charge in [0.25, 0.3) is 5.91 Å². The summed E-state index contributed by atoms with van der Waals surface area (Å²) in [6, 6.07) is 5.82. The molecule has 0 radical (unpaired) electrons. The van der Waals surface area contributed by atoms with Crippen LogP contribution in [0.25, 0.3) is 0 Å². The van der Waals surface area contributed by atoms with E-state index in [0.717, 1.165) is 4.90 Å². The van der Waals surface area contributed by atoms with Gasteiger partial charge in [-0.05, 0) is 37.1 Å². The second-order valence-electron chi connectivity index (χ2n) is 5.67. The standard InChI is InChI=1S/C16H17FN2O4S/c17-11-1-3-13(4-2-11)24-10-15(21)18-7-5-12(6-8-18)19-14(20)9-23-16(19)22/h1-4,12H,5-10H2. The van der Waals surface area contributed by atoms with Crippen LogP contribution in [0, 0.1) is 5.82 Å². The predicted octanol–water partition coefficient (Wildman–Crippen LogP) is 1.89. The molecule has 0 aliphatic carbocycles. The molecule has 0 N–H and O–H groups in total. The van der Waals surface area contributed by atoms with Gasteiger partial charge in [-0.3, -0.25) is 9.59 Å². The van der Waals surface area contributed by atoms with Gasteiger partial charge in [0, 0.05) is 24.0 Å². The van der Waals surface area contributed by atoms with Crippen LogP contribution in [0.15, 0.2) is 29.2 Å². The highest BCUT2D eigenvalue weighted by Crippen LogP contribution is 2.23. The molecule has 0 spiro atoms. The van der Waals surface area contributed by atoms with Gasteiger partial charge in [0.05, 0.1) is 5.75 Å². The maximum Gasteiger partial charge on any atom is 0.417 e. The highest BCUT2D eigenvalue weighted by atomic mass is 32.2. The summed E-state index contributed by atoms with van der Waals surface area (Å²) in [5.74, 6) is -0.335. The summed E-state index contributed by atoms with van der Waals surface area (Å²) >= 11 is 1.36. The average Bonchev–Trinajstić information content (AvgIpc) is 2.93. The molecule has 128 valence electrons. The van der Waals surface area contributed by atoms with Crippen molar-refractivity contribution >= 4 is 29.7 Å². The molecule has 0 saturated carbocycles. The van der Waals surface area contributed by atoms with Gasteiger partial charge in [-0.25, -0.2) is 14.1 Å². The number of halogens is 1. The zero-order valence-corrected chi connectivity index (χ0v) is 13.8. The zero-order chi connectivity index (χ0) is 17.1. The number of nitrogens with zero attached hydrogens (tertiary/aromatic N) is 2. The molecule has 24 heavy (non-hydrogen) atoms. The number of benzene rings is 1. The van der Waals surface area contributed by atoms with Crippen molar-refractivity contribution in [2.75, 3.05) is 25.4 Å². The molecule has 0 bridgehead atoms. The van der Waals surface area contributed by atoms with Crippen LogP contribution >= 0.6 is 11.8 Å². The smallest absolute Gasteiger partial charge is 0.417 e. The van der Waals surface area contributed by atoms with Crippen LogP contribution in [0.4, 0.5) is 9.18 Å². The monoisotopic (exact) mass is 352 g/mol. The number of cyclic esters (lactones) is 1. The van der Waals surface area contributed by atoms with Crippen LogP contribution in [-0.4, -0.2) is 59.2 Å². The number of likely N-dealkylation sites (tertiary alicyclic amines) is 1. The lowest BCUT2D eigenvalue weighted by atomic mass is 10.0. The SMILES string of the molecule is O=C(CSc1ccc(F)cc1)N1CCC(N2C(=O)COC2=O)CC1. The molecular weight excluding hydrogens is 335 g/mol. The van der Waals surface area contributed by atoms with Gasteiger partial charge >= 0.3 is 6.09 Å². The lowest BCUT2D eigenvalue weighted by Crippen LogP contribution is -2.48. The third-order valence-corrected chi connectivity index (χ3v) is 5.14. The minimum atomic E-state index is -0.586. The molecule has 2 saturated heterocycles. The Morgan fingerprint density at radius 3 is 2.46 bits per heavy atom. The molecule has 0 unspecified atom stereocenters. The fourth-order valence-corrected chi connectivity index (χ4v) is 3.66. The van der Waals surface area contributed by atoms with Crippen LogP contribution in [-0.2, 0) is 14.3 Å². The molecule has 3 rings (SSSR count). The van der Waals surface area contributed by atoms with Gasteiger partial charge in [-0.1, -0.05) is 0 Å². The number of hydrogen-bond acceptors (Lipinski definition) is 5. The molecule has 2 fully saturated rings. The summed E-state index contributed by atoms with van der Waals surface area (Å²) in [5, 5.41) is 0. The molecule has 6 nitrogen and oxygen atoms in total. The van der Waals surface area contributed by atoms with Crippen molar-refractivity contribution in [2.24, 2.45) is 0 Å². The molecule has 1 aromatic carbocycles. The number of carbonyl (C=O) groups is 3. The summed E-state index contributed by atoms with van der Waals surface area (Å²) in [6.07, 6.45) is 0.540. The number of amides is 3. The fourth-order valence-electron chi connectivity index (χ4n) is 2.86. The Morgan fingerprint density at radius 2 is 1.88 bits per heavy atom. The van der Waals surface area contributed by atoms with Crippen molar-refractivity contribution in [3.63, 3.8) is 0 Å². The first-order chi connectivity index (χ1) is 11.5. The van der Waals surface area contributed by atoms with Gasteiger partial charge in [-0.2, -0.15) is 0 Å². The third-order valence-electron chi connectivity index (χ3n) is 4.14. The molecule has 0 aromatic heterocycles. The highest BCUT2D eigenvalue weighted by Gasteiger charge is 2.38. The van der Waals surface area contributed by atoms with Crippen molar-refractivity contribution in [3.05, 3.63) is 30.1 Å². The second-order valence-corrected chi connectivity index (χ2v) is 6.72. The van der Waals surface area contributed by atoms with Crippen LogP contribution in [0.1, 0.15) is 12.8 Å². The van der Waals surface area contributed by atoms with Gasteiger partial charge in [0.15, 0.2) is 6.61 Å². The van der Waals surface area contributed by atoms with E-state index in [4.69, 9.17) is 4.74 Å². The van der Waals surface area contributed by atoms with Crippen molar-refractivity contribution in [2.45, 2.75) is 23.8 Å². The first kappa shape index (κ1) is 16.8. The Kier molecular flexibility index (Phi) is 5.03. The Hall–Kier alpha value is -2.09. The molecule has 2 aliphatic rings. The summed E-state index contributed by atoms with van der Waals surface area (Å²) in [7, 11) is 0. The number of carbonyl (C=O) groups excluding carboxylic acids is 3. The van der Waals surface area contributed by atoms with Crippen molar-refractivity contribution in [1.82, 2.24) is 9.80 Å². The third kappa shape index (κ3) is 3.69. The summed E-state index contributed by atoms with van der Waals surface area (Å²) in [4.78, 5) is 39.2. The zero-order valence-electron chi connectivity index (χ0n) is 12.9. The lowest BCUT2D eigenvalue weighted by molar-refractivity contribution is -0.131. The van der Waals surface area contributed by atoms with Gasteiger partial charge in [0.2, 0.25) is 5.91 Å². The van der Waals surface area contributed by atoms with Crippen LogP contribution in [0.5, 0.6) is 0 Å². The normalized spacial score (nSPS) is 18.9. The highest BCUT2D eigenvalue weighted by molar-refractivity contribution is 8.00. The van der Waals surface area contributed by atoms with Crippen LogP contribution < -0.4 is 0 Å². The van der Waals surface area contributed by atoms with Crippen molar-refractivity contribution < 1.29 is 23.5 Å². The summed E-state index contributed by atoms with van der Waals surface area (Å²) in [6.45, 7) is 0.821. The van der Waals surface area contributed by atoms with E-state index in [2.05, 4.69) is 0 Å². The quantitative estimate of drug-likeness (QED) is 0.774. The van der Waals surface area contributed by atoms with E-state index in [1.165, 1.54) is 28.8 Å². The Labute approximate surface area is 142 Å².